The highest BCUT2D eigenvalue weighted by atomic mass is 35.5. The number of pyridine rings is 1. The quantitative estimate of drug-likeness (QED) is 0.707. The van der Waals surface area contributed by atoms with E-state index >= 15 is 0 Å². The van der Waals surface area contributed by atoms with E-state index in [4.69, 9.17) is 11.6 Å². The van der Waals surface area contributed by atoms with Crippen molar-refractivity contribution in [2.75, 3.05) is 0 Å². The Bertz CT molecular complexity index is 890. The second-order valence-electron chi connectivity index (χ2n) is 5.54. The van der Waals surface area contributed by atoms with Gasteiger partial charge in [0.15, 0.2) is 5.65 Å². The van der Waals surface area contributed by atoms with Gasteiger partial charge in [-0.25, -0.2) is 9.50 Å². The van der Waals surface area contributed by atoms with Crippen LogP contribution in [0.2, 0.25) is 5.15 Å². The van der Waals surface area contributed by atoms with Gasteiger partial charge in [0.05, 0.1) is 0 Å². The molecule has 1 fully saturated rings. The third-order valence-corrected chi connectivity index (χ3v) is 4.23. The second kappa shape index (κ2) is 4.92. The average Bonchev–Trinajstić information content (AvgIpc) is 3.16. The number of fused-ring (bicyclic) bond motifs is 1. The van der Waals surface area contributed by atoms with E-state index in [0.29, 0.717) is 16.4 Å². The van der Waals surface area contributed by atoms with Crippen LogP contribution >= 0.6 is 11.6 Å². The van der Waals surface area contributed by atoms with Crippen LogP contribution in [-0.2, 0) is 6.18 Å². The molecule has 2 unspecified atom stereocenters. The van der Waals surface area contributed by atoms with Gasteiger partial charge in [-0.05, 0) is 42.0 Å². The van der Waals surface area contributed by atoms with Crippen LogP contribution in [0.25, 0.3) is 5.65 Å². The van der Waals surface area contributed by atoms with Gasteiger partial charge in [0.25, 0.3) is 0 Å². The molecule has 3 aromatic rings. The standard InChI is InChI=1S/C15H10ClF3N4/c16-13-7-11(14-21-3-4-23(14)22-13)10-6-9(10)8-1-2-20-12(5-8)15(17,18)19/h1-5,7,9-10H,6H2. The van der Waals surface area contributed by atoms with E-state index < -0.39 is 11.9 Å². The topological polar surface area (TPSA) is 43.1 Å². The fraction of sp³-hybridized carbons (Fsp3) is 0.267. The van der Waals surface area contributed by atoms with Crippen LogP contribution in [0.1, 0.15) is 35.1 Å². The number of imidazole rings is 1. The van der Waals surface area contributed by atoms with Crippen LogP contribution in [-0.4, -0.2) is 19.6 Å². The smallest absolute Gasteiger partial charge is 0.252 e. The number of nitrogens with zero attached hydrogens (tertiary/aromatic N) is 4. The lowest BCUT2D eigenvalue weighted by atomic mass is 10.1. The van der Waals surface area contributed by atoms with E-state index in [2.05, 4.69) is 15.1 Å². The summed E-state index contributed by atoms with van der Waals surface area (Å²) in [6.07, 6.45) is 0.836. The van der Waals surface area contributed by atoms with Crippen LogP contribution in [0, 0.1) is 0 Å². The molecule has 3 aromatic heterocycles. The molecule has 0 amide bonds. The van der Waals surface area contributed by atoms with Gasteiger partial charge in [-0.1, -0.05) is 11.6 Å². The Morgan fingerprint density at radius 3 is 2.74 bits per heavy atom. The van der Waals surface area contributed by atoms with Gasteiger partial charge in [0.1, 0.15) is 10.8 Å². The largest absolute Gasteiger partial charge is 0.433 e. The molecule has 3 heterocycles. The summed E-state index contributed by atoms with van der Waals surface area (Å²) in [5.74, 6) is 0.0990. The molecule has 8 heteroatoms. The normalized spacial score (nSPS) is 20.9. The Balaban J connectivity index is 1.69. The molecule has 0 N–H and O–H groups in total. The third kappa shape index (κ3) is 2.55. The van der Waals surface area contributed by atoms with Crippen molar-refractivity contribution in [1.29, 1.82) is 0 Å². The van der Waals surface area contributed by atoms with E-state index in [-0.39, 0.29) is 11.8 Å². The summed E-state index contributed by atoms with van der Waals surface area (Å²) < 4.78 is 40.0. The van der Waals surface area contributed by atoms with Crippen molar-refractivity contribution in [2.24, 2.45) is 0 Å². The van der Waals surface area contributed by atoms with E-state index in [0.717, 1.165) is 18.1 Å². The highest BCUT2D eigenvalue weighted by molar-refractivity contribution is 6.29. The van der Waals surface area contributed by atoms with Crippen LogP contribution in [0.15, 0.2) is 36.8 Å². The van der Waals surface area contributed by atoms with Crippen molar-refractivity contribution in [1.82, 2.24) is 19.6 Å². The zero-order valence-corrected chi connectivity index (χ0v) is 12.4. The lowest BCUT2D eigenvalue weighted by molar-refractivity contribution is -0.141. The lowest BCUT2D eigenvalue weighted by Gasteiger charge is -2.08. The maximum atomic E-state index is 12.8. The SMILES string of the molecule is FC(F)(F)c1cc(C2CC2c2cc(Cl)nn3ccnc23)ccn1. The summed E-state index contributed by atoms with van der Waals surface area (Å²) in [6.45, 7) is 0. The number of hydrogen-bond acceptors (Lipinski definition) is 3. The molecular formula is C15H10ClF3N4. The van der Waals surface area contributed by atoms with Crippen molar-refractivity contribution < 1.29 is 13.2 Å². The third-order valence-electron chi connectivity index (χ3n) is 4.05. The molecule has 4 nitrogen and oxygen atoms in total. The summed E-state index contributed by atoms with van der Waals surface area (Å²) in [4.78, 5) is 7.66. The Morgan fingerprint density at radius 1 is 1.13 bits per heavy atom. The second-order valence-corrected chi connectivity index (χ2v) is 5.93. The maximum absolute atomic E-state index is 12.8. The number of halogens is 4. The lowest BCUT2D eigenvalue weighted by Crippen LogP contribution is -2.08. The summed E-state index contributed by atoms with van der Waals surface area (Å²) in [7, 11) is 0. The zero-order chi connectivity index (χ0) is 16.2. The molecule has 0 radical (unpaired) electrons. The number of hydrogen-bond donors (Lipinski definition) is 0. The first-order valence-electron chi connectivity index (χ1n) is 6.96. The van der Waals surface area contributed by atoms with Crippen LogP contribution < -0.4 is 0 Å². The monoisotopic (exact) mass is 338 g/mol. The molecule has 23 heavy (non-hydrogen) atoms. The van der Waals surface area contributed by atoms with Crippen molar-refractivity contribution in [3.63, 3.8) is 0 Å². The number of aromatic nitrogens is 4. The molecule has 0 bridgehead atoms. The minimum Gasteiger partial charge on any atom is -0.252 e. The minimum atomic E-state index is -4.43. The van der Waals surface area contributed by atoms with Crippen LogP contribution in [0.4, 0.5) is 13.2 Å². The zero-order valence-electron chi connectivity index (χ0n) is 11.6. The molecule has 0 spiro atoms. The van der Waals surface area contributed by atoms with Gasteiger partial charge in [0, 0.05) is 24.2 Å². The summed E-state index contributed by atoms with van der Waals surface area (Å²) in [5.41, 5.74) is 1.37. The summed E-state index contributed by atoms with van der Waals surface area (Å²) in [6, 6.07) is 4.49. The predicted octanol–water partition coefficient (Wildman–Crippen LogP) is 4.07. The Hall–Kier alpha value is -2.15. The highest BCUT2D eigenvalue weighted by Crippen LogP contribution is 2.55. The molecule has 2 atom stereocenters. The number of alkyl halides is 3. The van der Waals surface area contributed by atoms with Gasteiger partial charge in [0.2, 0.25) is 0 Å². The molecule has 4 rings (SSSR count). The molecule has 1 aliphatic rings. The molecule has 0 aromatic carbocycles. The van der Waals surface area contributed by atoms with E-state index in [9.17, 15) is 13.2 Å². The predicted molar refractivity (Wildman–Crippen MR) is 77.3 cm³/mol. The van der Waals surface area contributed by atoms with E-state index in [1.165, 1.54) is 6.20 Å². The van der Waals surface area contributed by atoms with Gasteiger partial charge in [-0.2, -0.15) is 18.3 Å². The Labute approximate surface area is 133 Å². The molecule has 0 saturated heterocycles. The summed E-state index contributed by atoms with van der Waals surface area (Å²) >= 11 is 6.01. The first-order valence-corrected chi connectivity index (χ1v) is 7.34. The van der Waals surface area contributed by atoms with Gasteiger partial charge < -0.3 is 0 Å². The van der Waals surface area contributed by atoms with Gasteiger partial charge in [-0.15, -0.1) is 0 Å². The van der Waals surface area contributed by atoms with E-state index in [1.807, 2.05) is 0 Å². The van der Waals surface area contributed by atoms with Gasteiger partial charge in [-0.3, -0.25) is 4.98 Å². The minimum absolute atomic E-state index is 0.0121. The van der Waals surface area contributed by atoms with Gasteiger partial charge >= 0.3 is 6.18 Å². The maximum Gasteiger partial charge on any atom is 0.433 e. The van der Waals surface area contributed by atoms with Crippen molar-refractivity contribution in [3.8, 4) is 0 Å². The highest BCUT2D eigenvalue weighted by Gasteiger charge is 2.42. The molecule has 1 saturated carbocycles. The first-order chi connectivity index (χ1) is 10.9. The van der Waals surface area contributed by atoms with E-state index in [1.54, 1.807) is 29.0 Å². The fourth-order valence-electron chi connectivity index (χ4n) is 2.92. The Morgan fingerprint density at radius 2 is 1.96 bits per heavy atom. The average molecular weight is 339 g/mol. The Kier molecular flexibility index (Phi) is 3.09. The molecule has 0 aliphatic heterocycles. The first kappa shape index (κ1) is 14.4. The molecule has 118 valence electrons. The van der Waals surface area contributed by atoms with Crippen LogP contribution in [0.3, 0.4) is 0 Å². The molecular weight excluding hydrogens is 329 g/mol. The van der Waals surface area contributed by atoms with Crippen molar-refractivity contribution in [2.45, 2.75) is 24.4 Å². The molecule has 1 aliphatic carbocycles. The number of rotatable bonds is 2. The van der Waals surface area contributed by atoms with Crippen LogP contribution in [0.5, 0.6) is 0 Å². The summed E-state index contributed by atoms with van der Waals surface area (Å²) in [5, 5.41) is 4.45. The van der Waals surface area contributed by atoms with Crippen molar-refractivity contribution >= 4 is 17.2 Å². The van der Waals surface area contributed by atoms with Crippen molar-refractivity contribution in [3.05, 3.63) is 58.8 Å². The fourth-order valence-corrected chi connectivity index (χ4v) is 3.12.